The highest BCUT2D eigenvalue weighted by molar-refractivity contribution is 7.22. The molecule has 4 atom stereocenters. The van der Waals surface area contributed by atoms with Gasteiger partial charge in [0.1, 0.15) is 10.5 Å². The molecule has 2 bridgehead atoms. The quantitative estimate of drug-likeness (QED) is 0.669. The van der Waals surface area contributed by atoms with Gasteiger partial charge in [-0.05, 0) is 37.7 Å². The number of nitrogens with one attached hydrogen (secondary N) is 3. The van der Waals surface area contributed by atoms with Gasteiger partial charge in [0, 0.05) is 22.2 Å². The largest absolute Gasteiger partial charge is 0.308 e. The zero-order valence-electron chi connectivity index (χ0n) is 13.6. The molecule has 0 aromatic carbocycles. The molecule has 3 aromatic rings. The lowest BCUT2D eigenvalue weighted by molar-refractivity contribution is 0.290. The lowest BCUT2D eigenvalue weighted by Crippen LogP contribution is -2.34. The number of H-pyrrole nitrogens is 2. The predicted octanol–water partition coefficient (Wildman–Crippen LogP) is 2.74. The average Bonchev–Trinajstić information content (AvgIpc) is 3.28. The van der Waals surface area contributed by atoms with E-state index in [4.69, 9.17) is 4.98 Å². The normalized spacial score (nSPS) is 28.9. The summed E-state index contributed by atoms with van der Waals surface area (Å²) < 4.78 is 0.686. The third-order valence-electron chi connectivity index (χ3n) is 5.58. The molecule has 1 saturated heterocycles. The highest BCUT2D eigenvalue weighted by Gasteiger charge is 2.45. The standard InChI is InChI=1S/C17H19N5OS/c1-7-3-9-4-10(7)14(19-9)16-20-12-5-13(11-6-18-22-8(11)2)24-15(12)17(23)21-16/h5-7,9-10,14,19H,3-4H2,1-2H3,(H,18,22)(H,20,21,23)/t7-,9?,10?,14+/m1/s1. The van der Waals surface area contributed by atoms with Crippen LogP contribution in [-0.2, 0) is 0 Å². The first-order valence-electron chi connectivity index (χ1n) is 8.40. The van der Waals surface area contributed by atoms with Gasteiger partial charge in [-0.3, -0.25) is 9.89 Å². The van der Waals surface area contributed by atoms with E-state index in [0.717, 1.165) is 27.5 Å². The number of hydrogen-bond donors (Lipinski definition) is 3. The smallest absolute Gasteiger partial charge is 0.268 e. The van der Waals surface area contributed by atoms with Gasteiger partial charge < -0.3 is 10.3 Å². The molecule has 124 valence electrons. The van der Waals surface area contributed by atoms with E-state index in [9.17, 15) is 4.79 Å². The van der Waals surface area contributed by atoms with Crippen molar-refractivity contribution in [1.82, 2.24) is 25.5 Å². The van der Waals surface area contributed by atoms with Gasteiger partial charge in [-0.25, -0.2) is 4.98 Å². The second-order valence-corrected chi connectivity index (χ2v) is 8.19. The molecule has 2 unspecified atom stereocenters. The Kier molecular flexibility index (Phi) is 2.99. The maximum Gasteiger partial charge on any atom is 0.268 e. The van der Waals surface area contributed by atoms with Crippen molar-refractivity contribution in [3.8, 4) is 10.4 Å². The van der Waals surface area contributed by atoms with Gasteiger partial charge in [-0.2, -0.15) is 5.10 Å². The molecule has 6 nitrogen and oxygen atoms in total. The average molecular weight is 341 g/mol. The molecule has 0 radical (unpaired) electrons. The number of aromatic amines is 2. The maximum absolute atomic E-state index is 12.6. The molecule has 0 spiro atoms. The number of piperidine rings is 1. The minimum Gasteiger partial charge on any atom is -0.308 e. The van der Waals surface area contributed by atoms with Crippen LogP contribution in [0.15, 0.2) is 17.1 Å². The molecule has 1 saturated carbocycles. The van der Waals surface area contributed by atoms with E-state index in [2.05, 4.69) is 27.4 Å². The van der Waals surface area contributed by atoms with Gasteiger partial charge in [-0.15, -0.1) is 11.3 Å². The fourth-order valence-corrected chi connectivity index (χ4v) is 5.44. The predicted molar refractivity (Wildman–Crippen MR) is 94.1 cm³/mol. The van der Waals surface area contributed by atoms with Crippen LogP contribution >= 0.6 is 11.3 Å². The molecule has 1 aliphatic carbocycles. The summed E-state index contributed by atoms with van der Waals surface area (Å²) >= 11 is 1.48. The molecule has 7 heteroatoms. The van der Waals surface area contributed by atoms with Crippen LogP contribution in [-0.4, -0.2) is 26.2 Å². The molecule has 4 heterocycles. The fraction of sp³-hybridized carbons (Fsp3) is 0.471. The molecule has 3 N–H and O–H groups in total. The van der Waals surface area contributed by atoms with Gasteiger partial charge in [0.2, 0.25) is 0 Å². The highest BCUT2D eigenvalue weighted by Crippen LogP contribution is 2.46. The van der Waals surface area contributed by atoms with Crippen LogP contribution in [0.2, 0.25) is 0 Å². The third-order valence-corrected chi connectivity index (χ3v) is 6.73. The SMILES string of the molecule is Cc1[nH]ncc1-c1cc2nc([C@H]3NC4CC3[C@H](C)C4)[nH]c(=O)c2s1. The second kappa shape index (κ2) is 5.00. The van der Waals surface area contributed by atoms with Gasteiger partial charge in [0.25, 0.3) is 5.56 Å². The molecule has 2 fully saturated rings. The summed E-state index contributed by atoms with van der Waals surface area (Å²) in [5, 5.41) is 10.6. The second-order valence-electron chi connectivity index (χ2n) is 7.14. The summed E-state index contributed by atoms with van der Waals surface area (Å²) in [6.45, 7) is 4.29. The highest BCUT2D eigenvalue weighted by atomic mass is 32.1. The van der Waals surface area contributed by atoms with E-state index in [1.165, 1.54) is 24.2 Å². The van der Waals surface area contributed by atoms with Crippen molar-refractivity contribution < 1.29 is 0 Å². The van der Waals surface area contributed by atoms with Crippen LogP contribution in [0.3, 0.4) is 0 Å². The van der Waals surface area contributed by atoms with Crippen molar-refractivity contribution in [2.24, 2.45) is 11.8 Å². The van der Waals surface area contributed by atoms with E-state index in [1.807, 2.05) is 13.0 Å². The fourth-order valence-electron chi connectivity index (χ4n) is 4.38. The Balaban J connectivity index is 1.60. The van der Waals surface area contributed by atoms with Crippen LogP contribution in [0.5, 0.6) is 0 Å². The Morgan fingerprint density at radius 1 is 1.33 bits per heavy atom. The Labute approximate surface area is 142 Å². The number of fused-ring (bicyclic) bond motifs is 3. The van der Waals surface area contributed by atoms with Crippen molar-refractivity contribution in [3.05, 3.63) is 34.1 Å². The Hall–Kier alpha value is -1.99. The van der Waals surface area contributed by atoms with Crippen molar-refractivity contribution >= 4 is 21.6 Å². The van der Waals surface area contributed by atoms with Crippen molar-refractivity contribution in [2.45, 2.75) is 38.8 Å². The molecule has 1 aliphatic heterocycles. The van der Waals surface area contributed by atoms with E-state index in [-0.39, 0.29) is 11.6 Å². The Bertz CT molecular complexity index is 986. The van der Waals surface area contributed by atoms with Crippen LogP contribution < -0.4 is 10.9 Å². The van der Waals surface area contributed by atoms with Crippen LogP contribution in [0.1, 0.15) is 37.3 Å². The van der Waals surface area contributed by atoms with Gasteiger partial charge in [0.05, 0.1) is 17.8 Å². The summed E-state index contributed by atoms with van der Waals surface area (Å²) in [5.74, 6) is 2.05. The number of rotatable bonds is 2. The van der Waals surface area contributed by atoms with Crippen molar-refractivity contribution in [3.63, 3.8) is 0 Å². The number of hydrogen-bond acceptors (Lipinski definition) is 5. The van der Waals surface area contributed by atoms with E-state index >= 15 is 0 Å². The van der Waals surface area contributed by atoms with Crippen molar-refractivity contribution in [1.29, 1.82) is 0 Å². The summed E-state index contributed by atoms with van der Waals surface area (Å²) in [7, 11) is 0. The molecule has 3 aromatic heterocycles. The maximum atomic E-state index is 12.6. The third kappa shape index (κ3) is 2.01. The summed E-state index contributed by atoms with van der Waals surface area (Å²) in [6.07, 6.45) is 4.22. The van der Waals surface area contributed by atoms with Crippen LogP contribution in [0.4, 0.5) is 0 Å². The molecule has 0 amide bonds. The molecule has 24 heavy (non-hydrogen) atoms. The number of nitrogens with zero attached hydrogens (tertiary/aromatic N) is 2. The zero-order chi connectivity index (χ0) is 16.4. The van der Waals surface area contributed by atoms with Gasteiger partial charge in [-0.1, -0.05) is 6.92 Å². The van der Waals surface area contributed by atoms with E-state index in [0.29, 0.717) is 22.6 Å². The first kappa shape index (κ1) is 14.4. The van der Waals surface area contributed by atoms with Gasteiger partial charge >= 0.3 is 0 Å². The topological polar surface area (TPSA) is 86.5 Å². The zero-order valence-corrected chi connectivity index (χ0v) is 14.4. The number of aromatic nitrogens is 4. The first-order valence-corrected chi connectivity index (χ1v) is 9.22. The molecular formula is C17H19N5OS. The van der Waals surface area contributed by atoms with Crippen molar-refractivity contribution in [2.75, 3.05) is 0 Å². The Morgan fingerprint density at radius 3 is 2.92 bits per heavy atom. The van der Waals surface area contributed by atoms with E-state index in [1.54, 1.807) is 6.20 Å². The molecule has 2 aliphatic rings. The first-order chi connectivity index (χ1) is 11.6. The minimum atomic E-state index is -0.0374. The molecular weight excluding hydrogens is 322 g/mol. The summed E-state index contributed by atoms with van der Waals surface area (Å²) in [4.78, 5) is 21.4. The number of thiophene rings is 1. The molecule has 5 rings (SSSR count). The monoisotopic (exact) mass is 341 g/mol. The van der Waals surface area contributed by atoms with Gasteiger partial charge in [0.15, 0.2) is 0 Å². The van der Waals surface area contributed by atoms with E-state index < -0.39 is 0 Å². The van der Waals surface area contributed by atoms with Crippen LogP contribution in [0, 0.1) is 18.8 Å². The minimum absolute atomic E-state index is 0.0374. The summed E-state index contributed by atoms with van der Waals surface area (Å²) in [5.41, 5.74) is 2.78. The van der Waals surface area contributed by atoms with Crippen LogP contribution in [0.25, 0.3) is 20.7 Å². The number of aryl methyl sites for hydroxylation is 1. The lowest BCUT2D eigenvalue weighted by atomic mass is 9.90. The lowest BCUT2D eigenvalue weighted by Gasteiger charge is -2.27. The Morgan fingerprint density at radius 2 is 2.21 bits per heavy atom. The summed E-state index contributed by atoms with van der Waals surface area (Å²) in [6, 6.07) is 2.75.